The van der Waals surface area contributed by atoms with Crippen LogP contribution in [0.1, 0.15) is 19.8 Å². The molecule has 0 amide bonds. The van der Waals surface area contributed by atoms with Crippen LogP contribution >= 0.6 is 0 Å². The average Bonchev–Trinajstić information content (AvgIpc) is 3.04. The predicted octanol–water partition coefficient (Wildman–Crippen LogP) is 1.87. The largest absolute Gasteiger partial charge is 0.368 e. The number of piperazine rings is 1. The van der Waals surface area contributed by atoms with Crippen molar-refractivity contribution in [2.45, 2.75) is 25.8 Å². The molecule has 2 aliphatic rings. The van der Waals surface area contributed by atoms with Crippen LogP contribution in [0.4, 0.5) is 5.69 Å². The first-order valence-corrected chi connectivity index (χ1v) is 9.31. The van der Waals surface area contributed by atoms with Gasteiger partial charge in [-0.3, -0.25) is 4.99 Å². The fourth-order valence-corrected chi connectivity index (χ4v) is 3.64. The Balaban J connectivity index is 1.57. The van der Waals surface area contributed by atoms with Gasteiger partial charge in [0.05, 0.1) is 6.54 Å². The lowest BCUT2D eigenvalue weighted by Gasteiger charge is -2.37. The van der Waals surface area contributed by atoms with E-state index in [1.807, 2.05) is 0 Å². The molecule has 1 N–H and O–H groups in total. The molecular formula is C19H31N5. The Morgan fingerprint density at radius 2 is 1.88 bits per heavy atom. The zero-order valence-electron chi connectivity index (χ0n) is 15.1. The second-order valence-electron chi connectivity index (χ2n) is 6.78. The normalized spacial score (nSPS) is 22.9. The number of likely N-dealkylation sites (tertiary alicyclic amines) is 1. The van der Waals surface area contributed by atoms with Crippen molar-refractivity contribution in [3.63, 3.8) is 0 Å². The number of rotatable bonds is 4. The third kappa shape index (κ3) is 4.20. The van der Waals surface area contributed by atoms with Crippen LogP contribution in [0.2, 0.25) is 0 Å². The Bertz CT molecular complexity index is 522. The van der Waals surface area contributed by atoms with E-state index in [0.717, 1.165) is 45.2 Å². The molecule has 2 heterocycles. The Morgan fingerprint density at radius 1 is 1.12 bits per heavy atom. The van der Waals surface area contributed by atoms with Crippen molar-refractivity contribution in [3.8, 4) is 0 Å². The molecule has 0 radical (unpaired) electrons. The Morgan fingerprint density at radius 3 is 2.50 bits per heavy atom. The molecule has 1 atom stereocenters. The molecule has 5 nitrogen and oxygen atoms in total. The van der Waals surface area contributed by atoms with E-state index in [4.69, 9.17) is 4.99 Å². The monoisotopic (exact) mass is 329 g/mol. The van der Waals surface area contributed by atoms with Gasteiger partial charge in [-0.2, -0.15) is 0 Å². The molecule has 1 aromatic carbocycles. The minimum atomic E-state index is 0.615. The number of anilines is 1. The minimum absolute atomic E-state index is 0.615. The van der Waals surface area contributed by atoms with Crippen LogP contribution in [0.5, 0.6) is 0 Å². The topological polar surface area (TPSA) is 34.1 Å². The number of likely N-dealkylation sites (N-methyl/N-ethyl adjacent to an activating group) is 1. The number of para-hydroxylation sites is 1. The molecule has 2 aliphatic heterocycles. The molecule has 132 valence electrons. The second kappa shape index (κ2) is 8.38. The van der Waals surface area contributed by atoms with Crippen LogP contribution < -0.4 is 10.2 Å². The summed E-state index contributed by atoms with van der Waals surface area (Å²) in [5.41, 5.74) is 1.33. The molecule has 24 heavy (non-hydrogen) atoms. The molecule has 2 saturated heterocycles. The third-order valence-corrected chi connectivity index (χ3v) is 5.16. The van der Waals surface area contributed by atoms with Crippen molar-refractivity contribution in [2.24, 2.45) is 4.99 Å². The fraction of sp³-hybridized carbons (Fsp3) is 0.632. The average molecular weight is 329 g/mol. The number of nitrogens with one attached hydrogen (secondary N) is 1. The van der Waals surface area contributed by atoms with E-state index < -0.39 is 0 Å². The van der Waals surface area contributed by atoms with Gasteiger partial charge in [0.1, 0.15) is 0 Å². The highest BCUT2D eigenvalue weighted by Gasteiger charge is 2.22. The van der Waals surface area contributed by atoms with E-state index in [9.17, 15) is 0 Å². The van der Waals surface area contributed by atoms with Crippen molar-refractivity contribution in [3.05, 3.63) is 30.3 Å². The van der Waals surface area contributed by atoms with Gasteiger partial charge in [-0.15, -0.1) is 0 Å². The summed E-state index contributed by atoms with van der Waals surface area (Å²) < 4.78 is 0. The van der Waals surface area contributed by atoms with Crippen molar-refractivity contribution < 1.29 is 0 Å². The number of aliphatic imine (C=N–C) groups is 1. The lowest BCUT2D eigenvalue weighted by Crippen LogP contribution is -2.52. The predicted molar refractivity (Wildman–Crippen MR) is 102 cm³/mol. The molecular weight excluding hydrogens is 298 g/mol. The first-order valence-electron chi connectivity index (χ1n) is 9.31. The van der Waals surface area contributed by atoms with Crippen LogP contribution in [0.15, 0.2) is 35.3 Å². The van der Waals surface area contributed by atoms with Crippen LogP contribution in [0, 0.1) is 0 Å². The number of guanidine groups is 1. The van der Waals surface area contributed by atoms with Crippen LogP contribution in [-0.2, 0) is 0 Å². The van der Waals surface area contributed by atoms with Gasteiger partial charge < -0.3 is 20.0 Å². The van der Waals surface area contributed by atoms with Gasteiger partial charge in [0.2, 0.25) is 0 Å². The quantitative estimate of drug-likeness (QED) is 0.675. The summed E-state index contributed by atoms with van der Waals surface area (Å²) >= 11 is 0. The van der Waals surface area contributed by atoms with E-state index in [1.165, 1.54) is 25.1 Å². The summed E-state index contributed by atoms with van der Waals surface area (Å²) in [6.07, 6.45) is 2.59. The number of benzene rings is 1. The fourth-order valence-electron chi connectivity index (χ4n) is 3.64. The Kier molecular flexibility index (Phi) is 5.96. The first kappa shape index (κ1) is 17.1. The third-order valence-electron chi connectivity index (χ3n) is 5.16. The smallest absolute Gasteiger partial charge is 0.194 e. The molecule has 0 aliphatic carbocycles. The van der Waals surface area contributed by atoms with E-state index in [-0.39, 0.29) is 0 Å². The maximum atomic E-state index is 4.94. The summed E-state index contributed by atoms with van der Waals surface area (Å²) in [5.74, 6) is 1.09. The van der Waals surface area contributed by atoms with Crippen molar-refractivity contribution in [1.29, 1.82) is 0 Å². The lowest BCUT2D eigenvalue weighted by molar-refractivity contribution is 0.314. The van der Waals surface area contributed by atoms with Gasteiger partial charge in [0.15, 0.2) is 5.96 Å². The zero-order chi connectivity index (χ0) is 16.8. The highest BCUT2D eigenvalue weighted by molar-refractivity contribution is 5.80. The van der Waals surface area contributed by atoms with Gasteiger partial charge >= 0.3 is 0 Å². The summed E-state index contributed by atoms with van der Waals surface area (Å²) in [6, 6.07) is 11.3. The molecule has 0 bridgehead atoms. The SMILES string of the molecule is CCNC(=NCC1CCCN1C)N1CCN(c2ccccc2)CC1. The summed E-state index contributed by atoms with van der Waals surface area (Å²) in [7, 11) is 2.22. The minimum Gasteiger partial charge on any atom is -0.368 e. The van der Waals surface area contributed by atoms with Crippen LogP contribution in [0.25, 0.3) is 0 Å². The molecule has 1 aromatic rings. The number of hydrogen-bond donors (Lipinski definition) is 1. The molecule has 0 saturated carbocycles. The number of hydrogen-bond acceptors (Lipinski definition) is 3. The maximum absolute atomic E-state index is 4.94. The van der Waals surface area contributed by atoms with Crippen molar-refractivity contribution >= 4 is 11.6 Å². The zero-order valence-corrected chi connectivity index (χ0v) is 15.1. The van der Waals surface area contributed by atoms with E-state index in [2.05, 4.69) is 64.3 Å². The second-order valence-corrected chi connectivity index (χ2v) is 6.78. The van der Waals surface area contributed by atoms with Gasteiger partial charge in [-0.05, 0) is 45.5 Å². The molecule has 5 heteroatoms. The highest BCUT2D eigenvalue weighted by atomic mass is 15.3. The highest BCUT2D eigenvalue weighted by Crippen LogP contribution is 2.17. The van der Waals surface area contributed by atoms with Gasteiger partial charge in [-0.1, -0.05) is 18.2 Å². The lowest BCUT2D eigenvalue weighted by atomic mass is 10.2. The van der Waals surface area contributed by atoms with Crippen LogP contribution in [0.3, 0.4) is 0 Å². The van der Waals surface area contributed by atoms with Crippen LogP contribution in [-0.4, -0.2) is 74.7 Å². The summed E-state index contributed by atoms with van der Waals surface area (Å²) in [5, 5.41) is 3.48. The van der Waals surface area contributed by atoms with Gasteiger partial charge in [0.25, 0.3) is 0 Å². The standard InChI is InChI=1S/C19H31N5/c1-3-20-19(21-16-18-10-7-11-22(18)2)24-14-12-23(13-15-24)17-8-5-4-6-9-17/h4-6,8-9,18H,3,7,10-16H2,1-2H3,(H,20,21). The van der Waals surface area contributed by atoms with E-state index in [1.54, 1.807) is 0 Å². The molecule has 2 fully saturated rings. The molecule has 3 rings (SSSR count). The number of nitrogens with zero attached hydrogens (tertiary/aromatic N) is 4. The Hall–Kier alpha value is -1.75. The Labute approximate surface area is 146 Å². The van der Waals surface area contributed by atoms with Crippen molar-refractivity contribution in [1.82, 2.24) is 15.1 Å². The first-order chi connectivity index (χ1) is 11.8. The van der Waals surface area contributed by atoms with E-state index >= 15 is 0 Å². The molecule has 1 unspecified atom stereocenters. The summed E-state index contributed by atoms with van der Waals surface area (Å²) in [4.78, 5) is 12.3. The van der Waals surface area contributed by atoms with Gasteiger partial charge in [-0.25, -0.2) is 0 Å². The maximum Gasteiger partial charge on any atom is 0.194 e. The van der Waals surface area contributed by atoms with E-state index in [0.29, 0.717) is 6.04 Å². The van der Waals surface area contributed by atoms with Gasteiger partial charge in [0, 0.05) is 44.5 Å². The molecule has 0 spiro atoms. The molecule has 0 aromatic heterocycles. The van der Waals surface area contributed by atoms with Crippen molar-refractivity contribution in [2.75, 3.05) is 57.8 Å². The summed E-state index contributed by atoms with van der Waals surface area (Å²) in [6.45, 7) is 9.37.